The summed E-state index contributed by atoms with van der Waals surface area (Å²) in [6, 6.07) is 11.5. The summed E-state index contributed by atoms with van der Waals surface area (Å²) in [5.41, 5.74) is 5.42. The van der Waals surface area contributed by atoms with Crippen molar-refractivity contribution in [3.8, 4) is 0 Å². The van der Waals surface area contributed by atoms with Crippen molar-refractivity contribution in [2.45, 2.75) is 13.8 Å². The van der Waals surface area contributed by atoms with Crippen LogP contribution in [0.1, 0.15) is 11.1 Å². The number of aromatic nitrogens is 4. The molecular weight excluding hydrogens is 280 g/mol. The Labute approximate surface area is 125 Å². The van der Waals surface area contributed by atoms with E-state index < -0.39 is 0 Å². The Morgan fingerprint density at radius 3 is 1.41 bits per heavy atom. The second-order valence-electron chi connectivity index (χ2n) is 5.15. The van der Waals surface area contributed by atoms with Crippen LogP contribution in [0.2, 0.25) is 0 Å². The predicted molar refractivity (Wildman–Crippen MR) is 87.3 cm³/mol. The van der Waals surface area contributed by atoms with Gasteiger partial charge in [-0.2, -0.15) is 0 Å². The number of hydrogen-bond acceptors (Lipinski definition) is 2. The summed E-state index contributed by atoms with van der Waals surface area (Å²) in [6.45, 7) is 3.93. The number of H-pyrrole nitrogens is 4. The van der Waals surface area contributed by atoms with E-state index >= 15 is 0 Å². The van der Waals surface area contributed by atoms with Crippen molar-refractivity contribution in [3.63, 3.8) is 0 Å². The number of fused-ring (bicyclic) bond motifs is 2. The fraction of sp³-hybridized carbons (Fsp3) is 0.125. The Kier molecular flexibility index (Phi) is 3.42. The van der Waals surface area contributed by atoms with Gasteiger partial charge >= 0.3 is 11.4 Å². The second-order valence-corrected chi connectivity index (χ2v) is 5.15. The lowest BCUT2D eigenvalue weighted by Crippen LogP contribution is -1.99. The third-order valence-corrected chi connectivity index (χ3v) is 3.52. The Morgan fingerprint density at radius 1 is 0.636 bits per heavy atom. The summed E-state index contributed by atoms with van der Waals surface area (Å²) in [7, 11) is 0. The number of para-hydroxylation sites is 2. The zero-order chi connectivity index (χ0) is 15.7. The highest BCUT2D eigenvalue weighted by atomic mass is 16.1. The SMILES string of the molecule is Cc1cccc2[nH]c(=O)[nH]c12.Cc1cccc2[nH]c(=O)[nH]c12. The zero-order valence-electron chi connectivity index (χ0n) is 12.3. The van der Waals surface area contributed by atoms with Crippen molar-refractivity contribution in [1.29, 1.82) is 0 Å². The summed E-state index contributed by atoms with van der Waals surface area (Å²) in [5, 5.41) is 0. The number of aromatic amines is 4. The number of aryl methyl sites for hydroxylation is 2. The standard InChI is InChI=1S/2C8H8N2O/c2*1-5-3-2-4-6-7(5)10-8(11)9-6/h2*2-4H,1H3,(H2,9,10,11). The van der Waals surface area contributed by atoms with Gasteiger partial charge in [-0.3, -0.25) is 0 Å². The minimum atomic E-state index is -0.144. The molecule has 6 heteroatoms. The van der Waals surface area contributed by atoms with Gasteiger partial charge in [0.2, 0.25) is 0 Å². The molecule has 0 atom stereocenters. The summed E-state index contributed by atoms with van der Waals surface area (Å²) in [4.78, 5) is 32.5. The van der Waals surface area contributed by atoms with E-state index in [2.05, 4.69) is 19.9 Å². The van der Waals surface area contributed by atoms with Crippen LogP contribution in [0.3, 0.4) is 0 Å². The van der Waals surface area contributed by atoms with E-state index in [1.54, 1.807) is 0 Å². The Bertz CT molecular complexity index is 963. The Balaban J connectivity index is 0.000000131. The fourth-order valence-electron chi connectivity index (χ4n) is 2.41. The average molecular weight is 296 g/mol. The van der Waals surface area contributed by atoms with E-state index in [9.17, 15) is 9.59 Å². The smallest absolute Gasteiger partial charge is 0.306 e. The maximum absolute atomic E-state index is 10.8. The molecule has 0 radical (unpaired) electrons. The number of nitrogens with one attached hydrogen (secondary N) is 4. The summed E-state index contributed by atoms with van der Waals surface area (Å²) < 4.78 is 0. The van der Waals surface area contributed by atoms with Gasteiger partial charge in [-0.05, 0) is 37.1 Å². The lowest BCUT2D eigenvalue weighted by atomic mass is 10.2. The number of benzene rings is 2. The maximum Gasteiger partial charge on any atom is 0.323 e. The third kappa shape index (κ3) is 2.58. The first-order valence-electron chi connectivity index (χ1n) is 6.90. The molecule has 0 bridgehead atoms. The van der Waals surface area contributed by atoms with Crippen LogP contribution in [-0.2, 0) is 0 Å². The predicted octanol–water partition coefficient (Wildman–Crippen LogP) is 2.33. The Morgan fingerprint density at radius 2 is 1.05 bits per heavy atom. The molecule has 0 fully saturated rings. The molecule has 4 aromatic rings. The van der Waals surface area contributed by atoms with Crippen molar-refractivity contribution in [2.75, 3.05) is 0 Å². The maximum atomic E-state index is 10.8. The quantitative estimate of drug-likeness (QED) is 0.400. The van der Waals surface area contributed by atoms with Crippen molar-refractivity contribution in [1.82, 2.24) is 19.9 Å². The van der Waals surface area contributed by atoms with Crippen LogP contribution in [0.25, 0.3) is 22.1 Å². The summed E-state index contributed by atoms with van der Waals surface area (Å²) in [6.07, 6.45) is 0. The highest BCUT2D eigenvalue weighted by Gasteiger charge is 1.98. The molecule has 0 unspecified atom stereocenters. The van der Waals surface area contributed by atoms with E-state index in [1.165, 1.54) is 0 Å². The number of hydrogen-bond donors (Lipinski definition) is 4. The van der Waals surface area contributed by atoms with Gasteiger partial charge in [0.15, 0.2) is 0 Å². The molecule has 22 heavy (non-hydrogen) atoms. The van der Waals surface area contributed by atoms with Crippen molar-refractivity contribution in [3.05, 3.63) is 68.5 Å². The molecular formula is C16H16N4O2. The molecule has 4 N–H and O–H groups in total. The topological polar surface area (TPSA) is 97.3 Å². The Hall–Kier alpha value is -3.02. The van der Waals surface area contributed by atoms with E-state index in [4.69, 9.17) is 0 Å². The first kappa shape index (κ1) is 13.9. The highest BCUT2D eigenvalue weighted by Crippen LogP contribution is 2.11. The molecule has 0 spiro atoms. The van der Waals surface area contributed by atoms with Gasteiger partial charge in [-0.15, -0.1) is 0 Å². The van der Waals surface area contributed by atoms with Crippen molar-refractivity contribution < 1.29 is 0 Å². The van der Waals surface area contributed by atoms with Crippen molar-refractivity contribution in [2.24, 2.45) is 0 Å². The van der Waals surface area contributed by atoms with Crippen LogP contribution in [0.5, 0.6) is 0 Å². The van der Waals surface area contributed by atoms with Crippen molar-refractivity contribution >= 4 is 22.1 Å². The third-order valence-electron chi connectivity index (χ3n) is 3.52. The van der Waals surface area contributed by atoms with Gasteiger partial charge < -0.3 is 19.9 Å². The van der Waals surface area contributed by atoms with Gasteiger partial charge in [-0.25, -0.2) is 9.59 Å². The monoisotopic (exact) mass is 296 g/mol. The van der Waals surface area contributed by atoms with E-state index in [0.29, 0.717) is 0 Å². The number of rotatable bonds is 0. The lowest BCUT2D eigenvalue weighted by Gasteiger charge is -1.91. The van der Waals surface area contributed by atoms with Gasteiger partial charge in [0.25, 0.3) is 0 Å². The molecule has 4 rings (SSSR count). The lowest BCUT2D eigenvalue weighted by molar-refractivity contribution is 1.21. The number of imidazole rings is 2. The fourth-order valence-corrected chi connectivity index (χ4v) is 2.41. The van der Waals surface area contributed by atoms with Crippen LogP contribution in [-0.4, -0.2) is 19.9 Å². The van der Waals surface area contributed by atoms with Crippen LogP contribution in [0.15, 0.2) is 46.0 Å². The average Bonchev–Trinajstić information content (AvgIpc) is 3.03. The first-order chi connectivity index (χ1) is 10.5. The van der Waals surface area contributed by atoms with Gasteiger partial charge in [0, 0.05) is 0 Å². The second kappa shape index (κ2) is 5.40. The molecule has 6 nitrogen and oxygen atoms in total. The van der Waals surface area contributed by atoms with Gasteiger partial charge in [0.05, 0.1) is 22.1 Å². The van der Waals surface area contributed by atoms with Gasteiger partial charge in [-0.1, -0.05) is 24.3 Å². The zero-order valence-corrected chi connectivity index (χ0v) is 12.3. The minimum Gasteiger partial charge on any atom is -0.306 e. The summed E-state index contributed by atoms with van der Waals surface area (Å²) in [5.74, 6) is 0. The van der Waals surface area contributed by atoms with E-state index in [0.717, 1.165) is 33.2 Å². The van der Waals surface area contributed by atoms with E-state index in [-0.39, 0.29) is 11.4 Å². The minimum absolute atomic E-state index is 0.144. The highest BCUT2D eigenvalue weighted by molar-refractivity contribution is 5.78. The molecule has 2 aromatic heterocycles. The largest absolute Gasteiger partial charge is 0.323 e. The molecule has 112 valence electrons. The van der Waals surface area contributed by atoms with Crippen LogP contribution < -0.4 is 11.4 Å². The van der Waals surface area contributed by atoms with E-state index in [1.807, 2.05) is 50.2 Å². The van der Waals surface area contributed by atoms with Crippen LogP contribution in [0.4, 0.5) is 0 Å². The molecule has 0 saturated carbocycles. The summed E-state index contributed by atoms with van der Waals surface area (Å²) >= 11 is 0. The molecule has 0 amide bonds. The molecule has 0 aliphatic rings. The van der Waals surface area contributed by atoms with Gasteiger partial charge in [0.1, 0.15) is 0 Å². The normalized spacial score (nSPS) is 10.6. The molecule has 0 aliphatic heterocycles. The first-order valence-corrected chi connectivity index (χ1v) is 6.90. The molecule has 0 saturated heterocycles. The van der Waals surface area contributed by atoms with Crippen LogP contribution in [0, 0.1) is 13.8 Å². The molecule has 2 aromatic carbocycles. The van der Waals surface area contributed by atoms with Crippen LogP contribution >= 0.6 is 0 Å². The molecule has 2 heterocycles. The molecule has 0 aliphatic carbocycles.